The van der Waals surface area contributed by atoms with Crippen LogP contribution in [0.15, 0.2) is 12.2 Å². The predicted molar refractivity (Wildman–Crippen MR) is 60.6 cm³/mol. The molecule has 1 saturated carbocycles. The van der Waals surface area contributed by atoms with E-state index in [1.54, 1.807) is 0 Å². The molecule has 0 aliphatic heterocycles. The zero-order valence-corrected chi connectivity index (χ0v) is 10.0. The van der Waals surface area contributed by atoms with Crippen molar-refractivity contribution in [1.29, 1.82) is 5.26 Å². The van der Waals surface area contributed by atoms with Crippen LogP contribution in [0.5, 0.6) is 0 Å². The van der Waals surface area contributed by atoms with Crippen molar-refractivity contribution in [2.75, 3.05) is 13.7 Å². The summed E-state index contributed by atoms with van der Waals surface area (Å²) in [5.41, 5.74) is -0.863. The molecule has 1 aliphatic carbocycles. The molecule has 0 bridgehead atoms. The first-order chi connectivity index (χ1) is 8.04. The van der Waals surface area contributed by atoms with Gasteiger partial charge in [0.15, 0.2) is 0 Å². The Morgan fingerprint density at radius 3 is 2.71 bits per heavy atom. The molecule has 0 spiro atoms. The molecule has 1 rings (SSSR count). The lowest BCUT2D eigenvalue weighted by atomic mass is 9.63. The number of nitrogens with one attached hydrogen (secondary N) is 1. The number of nitriles is 1. The maximum Gasteiger partial charge on any atom is 0.330 e. The minimum atomic E-state index is -0.863. The molecule has 0 atom stereocenters. The molecule has 17 heavy (non-hydrogen) atoms. The standard InChI is InChI=1S/C12H16N2O3/c1-9-6-12(7-9,8-13)11(16)14-5-3-4-10(15)17-2/h3-4,9H,5-7H2,1-2H3,(H,14,16)/b4-3+. The van der Waals surface area contributed by atoms with E-state index in [0.29, 0.717) is 18.8 Å². The van der Waals surface area contributed by atoms with Crippen molar-refractivity contribution in [3.05, 3.63) is 12.2 Å². The zero-order valence-electron chi connectivity index (χ0n) is 10.0. The monoisotopic (exact) mass is 236 g/mol. The summed E-state index contributed by atoms with van der Waals surface area (Å²) in [6.45, 7) is 2.24. The topological polar surface area (TPSA) is 79.2 Å². The lowest BCUT2D eigenvalue weighted by Gasteiger charge is -2.39. The number of carbonyl (C=O) groups excluding carboxylic acids is 2. The number of amides is 1. The van der Waals surface area contributed by atoms with Crippen LogP contribution in [0, 0.1) is 22.7 Å². The molecule has 92 valence electrons. The van der Waals surface area contributed by atoms with Gasteiger partial charge in [0.2, 0.25) is 5.91 Å². The third-order valence-electron chi connectivity index (χ3n) is 2.88. The molecule has 1 aliphatic rings. The maximum absolute atomic E-state index is 11.8. The largest absolute Gasteiger partial charge is 0.466 e. The first-order valence-corrected chi connectivity index (χ1v) is 5.48. The third kappa shape index (κ3) is 3.06. The quantitative estimate of drug-likeness (QED) is 0.577. The second-order valence-corrected chi connectivity index (χ2v) is 4.34. The Morgan fingerprint density at radius 2 is 2.24 bits per heavy atom. The van der Waals surface area contributed by atoms with Gasteiger partial charge in [0.05, 0.1) is 13.2 Å². The van der Waals surface area contributed by atoms with Gasteiger partial charge < -0.3 is 10.1 Å². The molecule has 0 aromatic heterocycles. The highest BCUT2D eigenvalue weighted by Crippen LogP contribution is 2.44. The molecule has 0 saturated heterocycles. The predicted octanol–water partition coefficient (Wildman–Crippen LogP) is 0.772. The van der Waals surface area contributed by atoms with E-state index >= 15 is 0 Å². The van der Waals surface area contributed by atoms with Crippen LogP contribution in [0.3, 0.4) is 0 Å². The number of carbonyl (C=O) groups is 2. The molecule has 1 fully saturated rings. The van der Waals surface area contributed by atoms with Crippen LogP contribution in [0.4, 0.5) is 0 Å². The first kappa shape index (κ1) is 13.2. The van der Waals surface area contributed by atoms with Crippen molar-refractivity contribution in [3.8, 4) is 6.07 Å². The van der Waals surface area contributed by atoms with E-state index in [0.717, 1.165) is 0 Å². The Bertz CT molecular complexity index is 376. The van der Waals surface area contributed by atoms with Gasteiger partial charge in [0.1, 0.15) is 5.41 Å². The molecular weight excluding hydrogens is 220 g/mol. The Labute approximate surface area is 100 Å². The second kappa shape index (κ2) is 5.48. The smallest absolute Gasteiger partial charge is 0.330 e. The SMILES string of the molecule is COC(=O)/C=C/CNC(=O)C1(C#N)CC(C)C1. The lowest BCUT2D eigenvalue weighted by Crippen LogP contribution is -2.48. The summed E-state index contributed by atoms with van der Waals surface area (Å²) < 4.78 is 4.40. The number of nitrogens with zero attached hydrogens (tertiary/aromatic N) is 1. The summed E-state index contributed by atoms with van der Waals surface area (Å²) in [4.78, 5) is 22.5. The van der Waals surface area contributed by atoms with Crippen molar-refractivity contribution in [1.82, 2.24) is 5.32 Å². The van der Waals surface area contributed by atoms with Gasteiger partial charge >= 0.3 is 5.97 Å². The minimum absolute atomic E-state index is 0.228. The van der Waals surface area contributed by atoms with Crippen molar-refractivity contribution in [2.45, 2.75) is 19.8 Å². The summed E-state index contributed by atoms with van der Waals surface area (Å²) in [5.74, 6) is -0.301. The molecule has 0 aromatic carbocycles. The van der Waals surface area contributed by atoms with E-state index in [9.17, 15) is 9.59 Å². The molecule has 1 amide bonds. The van der Waals surface area contributed by atoms with Crippen LogP contribution < -0.4 is 5.32 Å². The van der Waals surface area contributed by atoms with Crippen LogP contribution in [0.25, 0.3) is 0 Å². The summed E-state index contributed by atoms with van der Waals surface area (Å²) in [7, 11) is 1.28. The Hall–Kier alpha value is -1.83. The lowest BCUT2D eigenvalue weighted by molar-refractivity contribution is -0.135. The highest BCUT2D eigenvalue weighted by atomic mass is 16.5. The Morgan fingerprint density at radius 1 is 1.59 bits per heavy atom. The van der Waals surface area contributed by atoms with Gasteiger partial charge in [0.25, 0.3) is 0 Å². The van der Waals surface area contributed by atoms with Crippen LogP contribution >= 0.6 is 0 Å². The first-order valence-electron chi connectivity index (χ1n) is 5.48. The van der Waals surface area contributed by atoms with Gasteiger partial charge in [-0.15, -0.1) is 0 Å². The molecular formula is C12H16N2O3. The van der Waals surface area contributed by atoms with Crippen LogP contribution in [-0.2, 0) is 14.3 Å². The second-order valence-electron chi connectivity index (χ2n) is 4.34. The average molecular weight is 236 g/mol. The van der Waals surface area contributed by atoms with Crippen LogP contribution in [0.1, 0.15) is 19.8 Å². The fourth-order valence-corrected chi connectivity index (χ4v) is 2.00. The third-order valence-corrected chi connectivity index (χ3v) is 2.88. The van der Waals surface area contributed by atoms with Crippen molar-refractivity contribution < 1.29 is 14.3 Å². The van der Waals surface area contributed by atoms with Crippen molar-refractivity contribution in [2.24, 2.45) is 11.3 Å². The molecule has 1 N–H and O–H groups in total. The molecule has 0 unspecified atom stereocenters. The molecule has 0 aromatic rings. The van der Waals surface area contributed by atoms with E-state index in [1.165, 1.54) is 19.3 Å². The summed E-state index contributed by atoms with van der Waals surface area (Å²) in [5, 5.41) is 11.6. The van der Waals surface area contributed by atoms with Crippen LogP contribution in [-0.4, -0.2) is 25.5 Å². The molecule has 0 radical (unpaired) electrons. The number of rotatable bonds is 4. The minimum Gasteiger partial charge on any atom is -0.466 e. The molecule has 5 heteroatoms. The van der Waals surface area contributed by atoms with Gasteiger partial charge in [0, 0.05) is 12.6 Å². The maximum atomic E-state index is 11.8. The number of ether oxygens (including phenoxy) is 1. The zero-order chi connectivity index (χ0) is 12.9. The van der Waals surface area contributed by atoms with E-state index in [4.69, 9.17) is 5.26 Å². The number of esters is 1. The Balaban J connectivity index is 2.38. The summed E-state index contributed by atoms with van der Waals surface area (Å²) in [6.07, 6.45) is 3.95. The average Bonchev–Trinajstić information content (AvgIpc) is 2.29. The number of hydrogen-bond donors (Lipinski definition) is 1. The van der Waals surface area contributed by atoms with Gasteiger partial charge in [-0.25, -0.2) is 4.79 Å². The van der Waals surface area contributed by atoms with Crippen molar-refractivity contribution >= 4 is 11.9 Å². The van der Waals surface area contributed by atoms with Gasteiger partial charge in [-0.3, -0.25) is 4.79 Å². The fourth-order valence-electron chi connectivity index (χ4n) is 2.00. The number of methoxy groups -OCH3 is 1. The highest BCUT2D eigenvalue weighted by Gasteiger charge is 2.48. The Kier molecular flexibility index (Phi) is 4.27. The van der Waals surface area contributed by atoms with Gasteiger partial charge in [-0.05, 0) is 18.8 Å². The van der Waals surface area contributed by atoms with Gasteiger partial charge in [-0.2, -0.15) is 5.26 Å². The van der Waals surface area contributed by atoms with Crippen molar-refractivity contribution in [3.63, 3.8) is 0 Å². The van der Waals surface area contributed by atoms with E-state index in [-0.39, 0.29) is 12.5 Å². The summed E-state index contributed by atoms with van der Waals surface area (Å²) >= 11 is 0. The highest BCUT2D eigenvalue weighted by molar-refractivity contribution is 5.87. The van der Waals surface area contributed by atoms with Crippen LogP contribution in [0.2, 0.25) is 0 Å². The molecule has 5 nitrogen and oxygen atoms in total. The van der Waals surface area contributed by atoms with E-state index in [1.807, 2.05) is 6.92 Å². The van der Waals surface area contributed by atoms with Gasteiger partial charge in [-0.1, -0.05) is 13.0 Å². The molecule has 0 heterocycles. The summed E-state index contributed by atoms with van der Waals surface area (Å²) in [6, 6.07) is 2.08. The normalized spacial score (nSPS) is 27.0. The van der Waals surface area contributed by atoms with E-state index < -0.39 is 11.4 Å². The fraction of sp³-hybridized carbons (Fsp3) is 0.583. The van der Waals surface area contributed by atoms with E-state index in [2.05, 4.69) is 16.1 Å². The number of hydrogen-bond acceptors (Lipinski definition) is 4.